The molecular formula is C33H30ClNO5. The molecule has 6 nitrogen and oxygen atoms in total. The molecule has 7 heteroatoms. The number of fused-ring (bicyclic) bond motifs is 5. The van der Waals surface area contributed by atoms with Crippen molar-refractivity contribution in [1.82, 2.24) is 0 Å². The van der Waals surface area contributed by atoms with Gasteiger partial charge < -0.3 is 14.4 Å². The maximum Gasteiger partial charge on any atom is 0.180 e. The summed E-state index contributed by atoms with van der Waals surface area (Å²) in [4.78, 5) is 45.8. The van der Waals surface area contributed by atoms with Crippen LogP contribution >= 0.6 is 11.6 Å². The van der Waals surface area contributed by atoms with E-state index in [1.54, 1.807) is 49.6 Å². The first-order valence-corrected chi connectivity index (χ1v) is 13.6. The third-order valence-corrected chi connectivity index (χ3v) is 8.78. The van der Waals surface area contributed by atoms with Crippen LogP contribution in [0.15, 0.2) is 66.7 Å². The molecule has 0 aromatic heterocycles. The first-order valence-electron chi connectivity index (χ1n) is 13.3. The first-order chi connectivity index (χ1) is 19.0. The number of anilines is 1. The Hall–Kier alpha value is -3.90. The Kier molecular flexibility index (Phi) is 5.97. The van der Waals surface area contributed by atoms with Gasteiger partial charge in [-0.1, -0.05) is 74.9 Å². The minimum atomic E-state index is -1.57. The molecule has 0 saturated carbocycles. The molecular weight excluding hydrogens is 526 g/mol. The highest BCUT2D eigenvalue weighted by molar-refractivity contribution is 6.32. The molecule has 3 aromatic carbocycles. The van der Waals surface area contributed by atoms with Gasteiger partial charge in [-0.05, 0) is 41.5 Å². The number of Topliss-reactive ketones (excluding diaryl/α,β-unsaturated/α-hetero) is 3. The van der Waals surface area contributed by atoms with Crippen molar-refractivity contribution in [3.63, 3.8) is 0 Å². The van der Waals surface area contributed by atoms with Gasteiger partial charge >= 0.3 is 0 Å². The summed E-state index contributed by atoms with van der Waals surface area (Å²) in [5.41, 5.74) is 0.693. The van der Waals surface area contributed by atoms with E-state index in [0.717, 1.165) is 11.3 Å². The fourth-order valence-corrected chi connectivity index (χ4v) is 6.99. The summed E-state index contributed by atoms with van der Waals surface area (Å²) < 4.78 is 11.1. The molecule has 2 heterocycles. The standard InChI is InChI=1S/C33H30ClNO5/c1-32(2,3)31(38)28-27(19-10-14-24(39-4)25(17-19)40-5)33(29(36)21-8-6-7-9-22(21)30(33)37)26-15-11-18-16-20(34)12-13-23(18)35(26)28/h6-17,26-28H,1-5H3/t26-,27-,28-/m1/s1. The quantitative estimate of drug-likeness (QED) is 0.347. The number of methoxy groups -OCH3 is 2. The number of carbonyl (C=O) groups is 3. The van der Waals surface area contributed by atoms with Crippen molar-refractivity contribution in [3.05, 3.63) is 94.0 Å². The molecule has 3 aromatic rings. The van der Waals surface area contributed by atoms with Crippen LogP contribution in [0.3, 0.4) is 0 Å². The second kappa shape index (κ2) is 9.07. The van der Waals surface area contributed by atoms with Gasteiger partial charge in [-0.3, -0.25) is 14.4 Å². The topological polar surface area (TPSA) is 72.9 Å². The Bertz CT molecular complexity index is 1580. The summed E-state index contributed by atoms with van der Waals surface area (Å²) in [6.07, 6.45) is 3.80. The molecule has 0 radical (unpaired) electrons. The number of hydrogen-bond donors (Lipinski definition) is 0. The van der Waals surface area contributed by atoms with Crippen molar-refractivity contribution < 1.29 is 23.9 Å². The van der Waals surface area contributed by atoms with Crippen molar-refractivity contribution in [3.8, 4) is 11.5 Å². The van der Waals surface area contributed by atoms with Crippen LogP contribution in [0.1, 0.15) is 58.5 Å². The lowest BCUT2D eigenvalue weighted by Crippen LogP contribution is -2.49. The van der Waals surface area contributed by atoms with Crippen molar-refractivity contribution in [2.75, 3.05) is 19.1 Å². The Morgan fingerprint density at radius 1 is 0.900 bits per heavy atom. The molecule has 1 fully saturated rings. The largest absolute Gasteiger partial charge is 0.493 e. The van der Waals surface area contributed by atoms with Gasteiger partial charge in [0, 0.05) is 33.2 Å². The average Bonchev–Trinajstić information content (AvgIpc) is 3.37. The van der Waals surface area contributed by atoms with Gasteiger partial charge in [-0.25, -0.2) is 0 Å². The summed E-state index contributed by atoms with van der Waals surface area (Å²) >= 11 is 6.35. The molecule has 1 saturated heterocycles. The molecule has 1 spiro atoms. The summed E-state index contributed by atoms with van der Waals surface area (Å²) in [7, 11) is 3.09. The van der Waals surface area contributed by atoms with Gasteiger partial charge in [0.15, 0.2) is 28.8 Å². The van der Waals surface area contributed by atoms with Gasteiger partial charge in [0.1, 0.15) is 5.41 Å². The number of rotatable bonds is 4. The van der Waals surface area contributed by atoms with E-state index in [4.69, 9.17) is 21.1 Å². The van der Waals surface area contributed by atoms with Crippen molar-refractivity contribution in [1.29, 1.82) is 0 Å². The van der Waals surface area contributed by atoms with E-state index in [2.05, 4.69) is 0 Å². The predicted molar refractivity (Wildman–Crippen MR) is 155 cm³/mol. The minimum Gasteiger partial charge on any atom is -0.493 e. The number of carbonyl (C=O) groups excluding carboxylic acids is 3. The fourth-order valence-electron chi connectivity index (χ4n) is 6.81. The minimum absolute atomic E-state index is 0.0677. The van der Waals surface area contributed by atoms with Crippen molar-refractivity contribution in [2.45, 2.75) is 38.8 Å². The zero-order chi connectivity index (χ0) is 28.6. The van der Waals surface area contributed by atoms with Crippen LogP contribution in [0, 0.1) is 10.8 Å². The summed E-state index contributed by atoms with van der Waals surface area (Å²) in [6, 6.07) is 16.3. The van der Waals surface area contributed by atoms with Gasteiger partial charge in [0.25, 0.3) is 0 Å². The maximum absolute atomic E-state index is 14.7. The van der Waals surface area contributed by atoms with E-state index in [9.17, 15) is 14.4 Å². The Morgan fingerprint density at radius 2 is 1.55 bits per heavy atom. The van der Waals surface area contributed by atoms with E-state index >= 15 is 0 Å². The monoisotopic (exact) mass is 555 g/mol. The van der Waals surface area contributed by atoms with Crippen LogP contribution in [0.25, 0.3) is 6.08 Å². The van der Waals surface area contributed by atoms with Gasteiger partial charge in [-0.15, -0.1) is 0 Å². The number of ketones is 3. The first kappa shape index (κ1) is 26.3. The molecule has 0 amide bonds. The Morgan fingerprint density at radius 3 is 2.15 bits per heavy atom. The van der Waals surface area contributed by atoms with Gasteiger partial charge in [0.2, 0.25) is 0 Å². The van der Waals surface area contributed by atoms with Crippen LogP contribution in [-0.2, 0) is 4.79 Å². The zero-order valence-corrected chi connectivity index (χ0v) is 23.8. The van der Waals surface area contributed by atoms with Crippen LogP contribution in [-0.4, -0.2) is 43.7 Å². The zero-order valence-electron chi connectivity index (χ0n) is 23.0. The van der Waals surface area contributed by atoms with E-state index in [0.29, 0.717) is 33.2 Å². The lowest BCUT2D eigenvalue weighted by atomic mass is 9.63. The van der Waals surface area contributed by atoms with Crippen LogP contribution in [0.4, 0.5) is 5.69 Å². The second-order valence-electron chi connectivity index (χ2n) is 11.6. The van der Waals surface area contributed by atoms with E-state index in [1.165, 1.54) is 7.11 Å². The van der Waals surface area contributed by atoms with E-state index < -0.39 is 28.8 Å². The number of nitrogens with zero attached hydrogens (tertiary/aromatic N) is 1. The number of ether oxygens (including phenoxy) is 2. The Balaban J connectivity index is 1.70. The smallest absolute Gasteiger partial charge is 0.180 e. The average molecular weight is 556 g/mol. The van der Waals surface area contributed by atoms with Crippen molar-refractivity contribution in [2.24, 2.45) is 10.8 Å². The highest BCUT2D eigenvalue weighted by atomic mass is 35.5. The third-order valence-electron chi connectivity index (χ3n) is 8.54. The van der Waals surface area contributed by atoms with E-state index in [-0.39, 0.29) is 17.3 Å². The van der Waals surface area contributed by atoms with Gasteiger partial charge in [0.05, 0.1) is 26.3 Å². The van der Waals surface area contributed by atoms with Crippen LogP contribution in [0.2, 0.25) is 5.02 Å². The SMILES string of the molecule is COc1ccc([C@@H]2[C@H](C(=O)C(C)(C)C)N3c4ccc(Cl)cc4C=C[C@@H]3C23C(=O)c2ccccc2C3=O)cc1OC. The normalized spacial score (nSPS) is 22.2. The molecule has 3 aliphatic rings. The molecule has 2 aliphatic heterocycles. The van der Waals surface area contributed by atoms with E-state index in [1.807, 2.05) is 56.0 Å². The molecule has 0 bridgehead atoms. The summed E-state index contributed by atoms with van der Waals surface area (Å²) in [6.45, 7) is 5.61. The highest BCUT2D eigenvalue weighted by Gasteiger charge is 2.72. The van der Waals surface area contributed by atoms with Crippen molar-refractivity contribution >= 4 is 40.7 Å². The highest BCUT2D eigenvalue weighted by Crippen LogP contribution is 2.61. The number of halogens is 1. The van der Waals surface area contributed by atoms with Gasteiger partial charge in [-0.2, -0.15) is 0 Å². The summed E-state index contributed by atoms with van der Waals surface area (Å²) in [5, 5.41) is 0.561. The predicted octanol–water partition coefficient (Wildman–Crippen LogP) is 6.41. The third kappa shape index (κ3) is 3.45. The number of hydrogen-bond acceptors (Lipinski definition) is 6. The summed E-state index contributed by atoms with van der Waals surface area (Å²) in [5.74, 6) is -0.435. The fraction of sp³-hybridized carbons (Fsp3) is 0.303. The molecule has 3 atom stereocenters. The van der Waals surface area contributed by atoms with Crippen LogP contribution in [0.5, 0.6) is 11.5 Å². The van der Waals surface area contributed by atoms with Crippen LogP contribution < -0.4 is 14.4 Å². The molecule has 204 valence electrons. The lowest BCUT2D eigenvalue weighted by molar-refractivity contribution is -0.127. The molecule has 0 N–H and O–H groups in total. The maximum atomic E-state index is 14.7. The molecule has 0 unspecified atom stereocenters. The second-order valence-corrected chi connectivity index (χ2v) is 12.1. The molecule has 40 heavy (non-hydrogen) atoms. The Labute approximate surface area is 238 Å². The number of benzene rings is 3. The molecule has 1 aliphatic carbocycles. The lowest BCUT2D eigenvalue weighted by Gasteiger charge is -2.38. The molecule has 6 rings (SSSR count).